The van der Waals surface area contributed by atoms with E-state index in [1.54, 1.807) is 12.0 Å². The van der Waals surface area contributed by atoms with E-state index in [9.17, 15) is 9.59 Å². The summed E-state index contributed by atoms with van der Waals surface area (Å²) in [4.78, 5) is 26.6. The van der Waals surface area contributed by atoms with Crippen LogP contribution in [-0.4, -0.2) is 49.0 Å². The Morgan fingerprint density at radius 2 is 2.12 bits per heavy atom. The van der Waals surface area contributed by atoms with Crippen molar-refractivity contribution in [1.29, 1.82) is 0 Å². The van der Waals surface area contributed by atoms with E-state index in [1.165, 1.54) is 0 Å². The number of nitrogens with one attached hydrogen (secondary N) is 2. The number of likely N-dealkylation sites (tertiary alicyclic amines) is 1. The molecule has 136 valence electrons. The van der Waals surface area contributed by atoms with Gasteiger partial charge in [-0.1, -0.05) is 12.1 Å². The van der Waals surface area contributed by atoms with Crippen LogP contribution in [-0.2, 0) is 16.1 Å². The maximum atomic E-state index is 12.5. The number of nitrogens with zero attached hydrogens (tertiary/aromatic N) is 1. The van der Waals surface area contributed by atoms with Crippen LogP contribution >= 0.6 is 0 Å². The van der Waals surface area contributed by atoms with Crippen molar-refractivity contribution in [3.8, 4) is 5.75 Å². The van der Waals surface area contributed by atoms with E-state index < -0.39 is 0 Å². The zero-order valence-electron chi connectivity index (χ0n) is 15.0. The van der Waals surface area contributed by atoms with Gasteiger partial charge >= 0.3 is 0 Å². The summed E-state index contributed by atoms with van der Waals surface area (Å²) in [6.45, 7) is 4.10. The smallest absolute Gasteiger partial charge is 0.225 e. The van der Waals surface area contributed by atoms with Gasteiger partial charge in [-0.2, -0.15) is 0 Å². The number of hydrogen-bond donors (Lipinski definition) is 2. The first kappa shape index (κ1) is 17.7. The molecule has 6 nitrogen and oxygen atoms in total. The summed E-state index contributed by atoms with van der Waals surface area (Å²) < 4.78 is 5.15. The molecule has 2 amide bonds. The first-order valence-corrected chi connectivity index (χ1v) is 8.99. The molecule has 2 N–H and O–H groups in total. The third-order valence-electron chi connectivity index (χ3n) is 5.09. The lowest BCUT2D eigenvalue weighted by molar-refractivity contribution is -0.129. The van der Waals surface area contributed by atoms with Crippen LogP contribution in [0.3, 0.4) is 0 Å². The largest absolute Gasteiger partial charge is 0.497 e. The predicted molar refractivity (Wildman–Crippen MR) is 95.1 cm³/mol. The molecule has 6 heteroatoms. The zero-order chi connectivity index (χ0) is 17.8. The van der Waals surface area contributed by atoms with Gasteiger partial charge in [0.15, 0.2) is 0 Å². The molecule has 0 radical (unpaired) electrons. The predicted octanol–water partition coefficient (Wildman–Crippen LogP) is 1.30. The third-order valence-corrected chi connectivity index (χ3v) is 5.09. The lowest BCUT2D eigenvalue weighted by Gasteiger charge is -2.29. The molecule has 0 aromatic heterocycles. The van der Waals surface area contributed by atoms with Gasteiger partial charge in [0, 0.05) is 31.6 Å². The van der Waals surface area contributed by atoms with Gasteiger partial charge in [-0.15, -0.1) is 0 Å². The Labute approximate surface area is 148 Å². The van der Waals surface area contributed by atoms with Gasteiger partial charge in [-0.25, -0.2) is 0 Å². The molecule has 2 aliphatic heterocycles. The topological polar surface area (TPSA) is 70.7 Å². The molecule has 25 heavy (non-hydrogen) atoms. The van der Waals surface area contributed by atoms with Gasteiger partial charge in [0.25, 0.3) is 0 Å². The molecule has 3 rings (SSSR count). The Bertz CT molecular complexity index is 617. The van der Waals surface area contributed by atoms with Crippen LogP contribution in [0.25, 0.3) is 0 Å². The van der Waals surface area contributed by atoms with E-state index >= 15 is 0 Å². The van der Waals surface area contributed by atoms with E-state index in [0.717, 1.165) is 30.7 Å². The second-order valence-corrected chi connectivity index (χ2v) is 7.11. The fourth-order valence-electron chi connectivity index (χ4n) is 3.63. The lowest BCUT2D eigenvalue weighted by atomic mass is 9.99. The summed E-state index contributed by atoms with van der Waals surface area (Å²) in [7, 11) is 1.63. The number of benzene rings is 1. The van der Waals surface area contributed by atoms with E-state index in [4.69, 9.17) is 4.74 Å². The average molecular weight is 345 g/mol. The van der Waals surface area contributed by atoms with Gasteiger partial charge in [0.2, 0.25) is 11.8 Å². The van der Waals surface area contributed by atoms with Gasteiger partial charge in [-0.05, 0) is 44.0 Å². The molecule has 2 aliphatic rings. The fraction of sp³-hybridized carbons (Fsp3) is 0.579. The molecule has 2 fully saturated rings. The molecular formula is C19H27N3O3. The second kappa shape index (κ2) is 7.87. The first-order valence-electron chi connectivity index (χ1n) is 8.99. The Hall–Kier alpha value is -2.08. The number of carbonyl (C=O) groups excluding carboxylic acids is 2. The van der Waals surface area contributed by atoms with E-state index in [0.29, 0.717) is 25.6 Å². The molecule has 0 spiro atoms. The number of amides is 2. The summed E-state index contributed by atoms with van der Waals surface area (Å²) in [6, 6.07) is 8.33. The molecular weight excluding hydrogens is 318 g/mol. The molecule has 0 aliphatic carbocycles. The van der Waals surface area contributed by atoms with Crippen LogP contribution in [0, 0.1) is 5.92 Å². The van der Waals surface area contributed by atoms with Crippen molar-refractivity contribution in [3.05, 3.63) is 29.8 Å². The summed E-state index contributed by atoms with van der Waals surface area (Å²) in [5.74, 6) is 0.625. The minimum atomic E-state index is -0.240. The minimum absolute atomic E-state index is 0.0182. The van der Waals surface area contributed by atoms with E-state index in [1.807, 2.05) is 24.3 Å². The molecule has 3 unspecified atom stereocenters. The monoisotopic (exact) mass is 345 g/mol. The highest BCUT2D eigenvalue weighted by atomic mass is 16.5. The van der Waals surface area contributed by atoms with Crippen molar-refractivity contribution >= 4 is 11.8 Å². The molecule has 1 aromatic rings. The SMILES string of the molecule is COc1ccc(CN2CC(C(=O)NC3CCNC(C)C3)CC2=O)cc1. The van der Waals surface area contributed by atoms with Crippen LogP contribution in [0.15, 0.2) is 24.3 Å². The van der Waals surface area contributed by atoms with Crippen LogP contribution in [0.5, 0.6) is 5.75 Å². The Balaban J connectivity index is 1.53. The van der Waals surface area contributed by atoms with Crippen LogP contribution < -0.4 is 15.4 Å². The summed E-state index contributed by atoms with van der Waals surface area (Å²) in [5.41, 5.74) is 1.04. The van der Waals surface area contributed by atoms with Gasteiger partial charge < -0.3 is 20.3 Å². The molecule has 0 saturated carbocycles. The van der Waals surface area contributed by atoms with Gasteiger partial charge in [-0.3, -0.25) is 9.59 Å². The second-order valence-electron chi connectivity index (χ2n) is 7.11. The molecule has 1 aromatic carbocycles. The Kier molecular flexibility index (Phi) is 5.58. The van der Waals surface area contributed by atoms with Crippen molar-refractivity contribution in [2.24, 2.45) is 5.92 Å². The van der Waals surface area contributed by atoms with Crippen molar-refractivity contribution in [2.45, 2.75) is 44.8 Å². The van der Waals surface area contributed by atoms with Crippen LogP contribution in [0.1, 0.15) is 31.7 Å². The normalized spacial score (nSPS) is 26.6. The standard InChI is InChI=1S/C19H27N3O3/c1-13-9-16(7-8-20-13)21-19(24)15-10-18(23)22(12-15)11-14-3-5-17(25-2)6-4-14/h3-6,13,15-16,20H,7-12H2,1-2H3,(H,21,24). The number of methoxy groups -OCH3 is 1. The highest BCUT2D eigenvalue weighted by Crippen LogP contribution is 2.22. The maximum Gasteiger partial charge on any atom is 0.225 e. The number of carbonyl (C=O) groups is 2. The maximum absolute atomic E-state index is 12.5. The number of piperidine rings is 1. The summed E-state index contributed by atoms with van der Waals surface area (Å²) in [5, 5.41) is 6.52. The number of ether oxygens (including phenoxy) is 1. The van der Waals surface area contributed by atoms with E-state index in [2.05, 4.69) is 17.6 Å². The molecule has 3 atom stereocenters. The average Bonchev–Trinajstić information content (AvgIpc) is 2.96. The minimum Gasteiger partial charge on any atom is -0.497 e. The summed E-state index contributed by atoms with van der Waals surface area (Å²) >= 11 is 0. The molecule has 0 bridgehead atoms. The van der Waals surface area contributed by atoms with Crippen molar-refractivity contribution in [3.63, 3.8) is 0 Å². The van der Waals surface area contributed by atoms with E-state index in [-0.39, 0.29) is 23.8 Å². The highest BCUT2D eigenvalue weighted by molar-refractivity contribution is 5.89. The van der Waals surface area contributed by atoms with Gasteiger partial charge in [0.1, 0.15) is 5.75 Å². The third kappa shape index (κ3) is 4.51. The van der Waals surface area contributed by atoms with Gasteiger partial charge in [0.05, 0.1) is 13.0 Å². The highest BCUT2D eigenvalue weighted by Gasteiger charge is 2.35. The zero-order valence-corrected chi connectivity index (χ0v) is 15.0. The van der Waals surface area contributed by atoms with Crippen LogP contribution in [0.2, 0.25) is 0 Å². The molecule has 2 saturated heterocycles. The quantitative estimate of drug-likeness (QED) is 0.844. The summed E-state index contributed by atoms with van der Waals surface area (Å²) in [6.07, 6.45) is 2.21. The number of hydrogen-bond acceptors (Lipinski definition) is 4. The molecule has 2 heterocycles. The Morgan fingerprint density at radius 3 is 2.80 bits per heavy atom. The lowest BCUT2D eigenvalue weighted by Crippen LogP contribution is -2.48. The first-order chi connectivity index (χ1) is 12.0. The fourth-order valence-corrected chi connectivity index (χ4v) is 3.63. The number of rotatable bonds is 5. The Morgan fingerprint density at radius 1 is 1.36 bits per heavy atom. The van der Waals surface area contributed by atoms with Crippen molar-refractivity contribution in [2.75, 3.05) is 20.2 Å². The van der Waals surface area contributed by atoms with Crippen molar-refractivity contribution < 1.29 is 14.3 Å². The van der Waals surface area contributed by atoms with Crippen LogP contribution in [0.4, 0.5) is 0 Å². The van der Waals surface area contributed by atoms with Crippen molar-refractivity contribution in [1.82, 2.24) is 15.5 Å².